The van der Waals surface area contributed by atoms with E-state index in [1.54, 1.807) is 6.20 Å². The number of hydrogen-bond acceptors (Lipinski definition) is 4. The van der Waals surface area contributed by atoms with Gasteiger partial charge in [-0.25, -0.2) is 4.68 Å². The van der Waals surface area contributed by atoms with E-state index in [4.69, 9.17) is 0 Å². The number of benzene rings is 2. The summed E-state index contributed by atoms with van der Waals surface area (Å²) in [5.41, 5.74) is 4.86. The number of carbonyl (C=O) groups is 1. The average Bonchev–Trinajstić information content (AvgIpc) is 3.13. The minimum absolute atomic E-state index is 0.0198. The Hall–Kier alpha value is -2.92. The van der Waals surface area contributed by atoms with E-state index in [1.165, 1.54) is 11.3 Å². The van der Waals surface area contributed by atoms with Crippen molar-refractivity contribution in [1.82, 2.24) is 15.1 Å². The summed E-state index contributed by atoms with van der Waals surface area (Å²) in [6, 6.07) is 18.6. The molecule has 1 aromatic heterocycles. The number of Topliss-reactive ketones (excluding diaryl/α,β-unsaturated/α-hetero) is 1. The van der Waals surface area contributed by atoms with Gasteiger partial charge in [-0.2, -0.15) is 5.10 Å². The van der Waals surface area contributed by atoms with Gasteiger partial charge in [-0.1, -0.05) is 44.2 Å². The molecular weight excluding hydrogens is 360 g/mol. The SMILES string of the molecule is CN(C)c1ccc(CNC2c3c(cnn3-c3ccccc3)C(=O)CC2(C)C)cc1. The summed E-state index contributed by atoms with van der Waals surface area (Å²) in [5.74, 6) is 0.167. The number of nitrogens with one attached hydrogen (secondary N) is 1. The molecule has 1 unspecified atom stereocenters. The van der Waals surface area contributed by atoms with Gasteiger partial charge in [-0.3, -0.25) is 4.79 Å². The highest BCUT2D eigenvalue weighted by molar-refractivity contribution is 5.99. The normalized spacial score (nSPS) is 17.8. The number of carbonyl (C=O) groups excluding carboxylic acids is 1. The van der Waals surface area contributed by atoms with E-state index < -0.39 is 0 Å². The molecule has 1 aliphatic carbocycles. The standard InChI is InChI=1S/C24H28N4O/c1-24(2)14-21(29)20-16-26-28(19-8-6-5-7-9-19)22(20)23(24)25-15-17-10-12-18(13-11-17)27(3)4/h5-13,16,23,25H,14-15H2,1-4H3. The summed E-state index contributed by atoms with van der Waals surface area (Å²) < 4.78 is 1.92. The second kappa shape index (κ2) is 7.48. The maximum Gasteiger partial charge on any atom is 0.167 e. The molecular formula is C24H28N4O. The van der Waals surface area contributed by atoms with Gasteiger partial charge in [0.25, 0.3) is 0 Å². The molecule has 0 bridgehead atoms. The molecule has 0 amide bonds. The monoisotopic (exact) mass is 388 g/mol. The van der Waals surface area contributed by atoms with Crippen LogP contribution in [0.2, 0.25) is 0 Å². The zero-order chi connectivity index (χ0) is 20.6. The Kier molecular flexibility index (Phi) is 5.01. The highest BCUT2D eigenvalue weighted by Gasteiger charge is 2.42. The average molecular weight is 389 g/mol. The highest BCUT2D eigenvalue weighted by atomic mass is 16.1. The van der Waals surface area contributed by atoms with Crippen LogP contribution in [0.5, 0.6) is 0 Å². The summed E-state index contributed by atoms with van der Waals surface area (Å²) in [5, 5.41) is 8.29. The van der Waals surface area contributed by atoms with E-state index in [2.05, 4.69) is 53.4 Å². The summed E-state index contributed by atoms with van der Waals surface area (Å²) in [4.78, 5) is 14.9. The predicted octanol–water partition coefficient (Wildman–Crippen LogP) is 4.38. The third kappa shape index (κ3) is 3.70. The Bertz CT molecular complexity index is 1000. The lowest BCUT2D eigenvalue weighted by molar-refractivity contribution is 0.0859. The van der Waals surface area contributed by atoms with Gasteiger partial charge in [-0.15, -0.1) is 0 Å². The summed E-state index contributed by atoms with van der Waals surface area (Å²) >= 11 is 0. The topological polar surface area (TPSA) is 50.2 Å². The Balaban J connectivity index is 1.67. The fraction of sp³-hybridized carbons (Fsp3) is 0.333. The van der Waals surface area contributed by atoms with Gasteiger partial charge in [0.15, 0.2) is 5.78 Å². The third-order valence-electron chi connectivity index (χ3n) is 5.74. The zero-order valence-corrected chi connectivity index (χ0v) is 17.5. The zero-order valence-electron chi connectivity index (χ0n) is 17.5. The molecule has 1 atom stereocenters. The molecule has 4 rings (SSSR count). The van der Waals surface area contributed by atoms with Gasteiger partial charge >= 0.3 is 0 Å². The van der Waals surface area contributed by atoms with E-state index in [9.17, 15) is 4.79 Å². The van der Waals surface area contributed by atoms with Crippen molar-refractivity contribution >= 4 is 11.5 Å². The van der Waals surface area contributed by atoms with Gasteiger partial charge in [0.1, 0.15) is 0 Å². The molecule has 1 N–H and O–H groups in total. The molecule has 3 aromatic rings. The van der Waals surface area contributed by atoms with Crippen molar-refractivity contribution in [3.05, 3.63) is 77.6 Å². The van der Waals surface area contributed by atoms with Gasteiger partial charge in [0.05, 0.1) is 29.2 Å². The Morgan fingerprint density at radius 2 is 1.79 bits per heavy atom. The number of fused-ring (bicyclic) bond motifs is 1. The van der Waals surface area contributed by atoms with Crippen LogP contribution in [0.3, 0.4) is 0 Å². The lowest BCUT2D eigenvalue weighted by atomic mass is 9.72. The van der Waals surface area contributed by atoms with Crippen LogP contribution in [0.1, 0.15) is 47.9 Å². The highest BCUT2D eigenvalue weighted by Crippen LogP contribution is 2.44. The molecule has 150 valence electrons. The van der Waals surface area contributed by atoms with Gasteiger partial charge in [0.2, 0.25) is 0 Å². The van der Waals surface area contributed by atoms with Crippen LogP contribution in [0, 0.1) is 5.41 Å². The van der Waals surface area contributed by atoms with Crippen LogP contribution < -0.4 is 10.2 Å². The summed E-state index contributed by atoms with van der Waals surface area (Å²) in [6.07, 6.45) is 2.23. The van der Waals surface area contributed by atoms with E-state index in [0.717, 1.165) is 23.5 Å². The summed E-state index contributed by atoms with van der Waals surface area (Å²) in [6.45, 7) is 5.04. The molecule has 5 nitrogen and oxygen atoms in total. The molecule has 0 saturated heterocycles. The van der Waals surface area contributed by atoms with Crippen molar-refractivity contribution < 1.29 is 4.79 Å². The van der Waals surface area contributed by atoms with Crippen molar-refractivity contribution in [3.63, 3.8) is 0 Å². The maximum absolute atomic E-state index is 12.8. The minimum Gasteiger partial charge on any atom is -0.378 e. The maximum atomic E-state index is 12.8. The Morgan fingerprint density at radius 3 is 2.45 bits per heavy atom. The number of rotatable bonds is 5. The fourth-order valence-corrected chi connectivity index (χ4v) is 4.11. The van der Waals surface area contributed by atoms with Crippen LogP contribution in [-0.2, 0) is 6.54 Å². The van der Waals surface area contributed by atoms with Gasteiger partial charge in [0, 0.05) is 32.7 Å². The molecule has 0 saturated carbocycles. The van der Waals surface area contributed by atoms with Crippen molar-refractivity contribution in [2.45, 2.75) is 32.9 Å². The van der Waals surface area contributed by atoms with Gasteiger partial charge in [-0.05, 0) is 35.2 Å². The van der Waals surface area contributed by atoms with Crippen molar-refractivity contribution in [1.29, 1.82) is 0 Å². The van der Waals surface area contributed by atoms with E-state index in [0.29, 0.717) is 6.42 Å². The van der Waals surface area contributed by atoms with Crippen LogP contribution in [-0.4, -0.2) is 29.7 Å². The van der Waals surface area contributed by atoms with Gasteiger partial charge < -0.3 is 10.2 Å². The molecule has 0 fully saturated rings. The number of aromatic nitrogens is 2. The number of nitrogens with zero attached hydrogens (tertiary/aromatic N) is 3. The van der Waals surface area contributed by atoms with Crippen molar-refractivity contribution in [3.8, 4) is 5.69 Å². The molecule has 0 aliphatic heterocycles. The third-order valence-corrected chi connectivity index (χ3v) is 5.74. The molecule has 0 radical (unpaired) electrons. The quantitative estimate of drug-likeness (QED) is 0.705. The van der Waals surface area contributed by atoms with E-state index in [1.807, 2.05) is 49.1 Å². The predicted molar refractivity (Wildman–Crippen MR) is 117 cm³/mol. The largest absolute Gasteiger partial charge is 0.378 e. The fourth-order valence-electron chi connectivity index (χ4n) is 4.11. The summed E-state index contributed by atoms with van der Waals surface area (Å²) in [7, 11) is 4.09. The molecule has 2 aromatic carbocycles. The number of ketones is 1. The lowest BCUT2D eigenvalue weighted by Crippen LogP contribution is -2.41. The lowest BCUT2D eigenvalue weighted by Gasteiger charge is -2.39. The number of para-hydroxylation sites is 1. The molecule has 1 heterocycles. The molecule has 29 heavy (non-hydrogen) atoms. The van der Waals surface area contributed by atoms with Crippen LogP contribution >= 0.6 is 0 Å². The van der Waals surface area contributed by atoms with Crippen molar-refractivity contribution in [2.75, 3.05) is 19.0 Å². The molecule has 1 aliphatic rings. The first kappa shape index (κ1) is 19.4. The Labute approximate surface area is 172 Å². The Morgan fingerprint density at radius 1 is 1.10 bits per heavy atom. The number of anilines is 1. The van der Waals surface area contributed by atoms with Crippen molar-refractivity contribution in [2.24, 2.45) is 5.41 Å². The molecule has 0 spiro atoms. The van der Waals surface area contributed by atoms with Crippen LogP contribution in [0.4, 0.5) is 5.69 Å². The number of hydrogen-bond donors (Lipinski definition) is 1. The minimum atomic E-state index is -0.208. The smallest absolute Gasteiger partial charge is 0.167 e. The van der Waals surface area contributed by atoms with Crippen LogP contribution in [0.15, 0.2) is 60.8 Å². The van der Waals surface area contributed by atoms with E-state index >= 15 is 0 Å². The van der Waals surface area contributed by atoms with E-state index in [-0.39, 0.29) is 17.2 Å². The molecule has 5 heteroatoms. The van der Waals surface area contributed by atoms with Crippen LogP contribution in [0.25, 0.3) is 5.69 Å². The second-order valence-corrected chi connectivity index (χ2v) is 8.65. The second-order valence-electron chi connectivity index (χ2n) is 8.65. The first-order valence-electron chi connectivity index (χ1n) is 10.0. The first-order chi connectivity index (χ1) is 13.9. The first-order valence-corrected chi connectivity index (χ1v) is 10.0.